The highest BCUT2D eigenvalue weighted by Crippen LogP contribution is 2.42. The van der Waals surface area contributed by atoms with E-state index in [0.717, 1.165) is 12.8 Å². The normalized spacial score (nSPS) is 18.1. The van der Waals surface area contributed by atoms with Gasteiger partial charge in [0.1, 0.15) is 0 Å². The van der Waals surface area contributed by atoms with Gasteiger partial charge < -0.3 is 15.9 Å². The first-order valence-corrected chi connectivity index (χ1v) is 5.29. The van der Waals surface area contributed by atoms with E-state index in [4.69, 9.17) is 5.73 Å². The van der Waals surface area contributed by atoms with Crippen LogP contribution in [0.4, 0.5) is 0 Å². The Morgan fingerprint density at radius 2 is 1.93 bits per heavy atom. The molecule has 76 valence electrons. The number of hydrogen-bond acceptors (Lipinski definition) is 3. The molecule has 4 N–H and O–H groups in total. The highest BCUT2D eigenvalue weighted by molar-refractivity contribution is 9.10. The van der Waals surface area contributed by atoms with Crippen LogP contribution in [0, 0.1) is 0 Å². The van der Waals surface area contributed by atoms with Crippen molar-refractivity contribution in [1.29, 1.82) is 0 Å². The van der Waals surface area contributed by atoms with Gasteiger partial charge in [0.2, 0.25) is 0 Å². The number of phenols is 2. The van der Waals surface area contributed by atoms with Crippen LogP contribution in [0.5, 0.6) is 11.5 Å². The van der Waals surface area contributed by atoms with Crippen molar-refractivity contribution in [3.05, 3.63) is 22.2 Å². The molecule has 4 heteroatoms. The molecule has 3 nitrogen and oxygen atoms in total. The third kappa shape index (κ3) is 1.72. The minimum Gasteiger partial charge on any atom is -0.504 e. The Morgan fingerprint density at radius 1 is 1.29 bits per heavy atom. The van der Waals surface area contributed by atoms with Gasteiger partial charge in [-0.15, -0.1) is 0 Å². The van der Waals surface area contributed by atoms with E-state index in [1.54, 1.807) is 12.1 Å². The van der Waals surface area contributed by atoms with Crippen LogP contribution < -0.4 is 5.73 Å². The Balaban J connectivity index is 2.30. The summed E-state index contributed by atoms with van der Waals surface area (Å²) >= 11 is 3.13. The Hall–Kier alpha value is -0.740. The van der Waals surface area contributed by atoms with Crippen LogP contribution in [0.1, 0.15) is 18.4 Å². The van der Waals surface area contributed by atoms with Crippen LogP contribution in [-0.4, -0.2) is 15.8 Å². The molecular formula is C10H12BrNO2. The number of hydrogen-bond donors (Lipinski definition) is 3. The zero-order valence-corrected chi connectivity index (χ0v) is 9.21. The van der Waals surface area contributed by atoms with Gasteiger partial charge in [-0.05, 0) is 46.8 Å². The summed E-state index contributed by atoms with van der Waals surface area (Å²) in [5.74, 6) is -0.164. The van der Waals surface area contributed by atoms with E-state index >= 15 is 0 Å². The SMILES string of the molecule is NC1(Cc2ccc(Br)c(O)c2O)CC1. The van der Waals surface area contributed by atoms with Gasteiger partial charge in [0, 0.05) is 5.54 Å². The fourth-order valence-electron chi connectivity index (χ4n) is 1.46. The molecule has 0 aliphatic heterocycles. The molecule has 1 aliphatic carbocycles. The predicted molar refractivity (Wildman–Crippen MR) is 57.3 cm³/mol. The molecule has 2 rings (SSSR count). The van der Waals surface area contributed by atoms with Crippen LogP contribution in [0.25, 0.3) is 0 Å². The van der Waals surface area contributed by atoms with Crippen molar-refractivity contribution in [2.45, 2.75) is 24.8 Å². The molecule has 0 atom stereocenters. The van der Waals surface area contributed by atoms with Gasteiger partial charge in [-0.2, -0.15) is 0 Å². The van der Waals surface area contributed by atoms with Crippen LogP contribution in [0.15, 0.2) is 16.6 Å². The van der Waals surface area contributed by atoms with E-state index in [0.29, 0.717) is 16.5 Å². The van der Waals surface area contributed by atoms with Crippen LogP contribution >= 0.6 is 15.9 Å². The first-order chi connectivity index (χ1) is 6.52. The van der Waals surface area contributed by atoms with Gasteiger partial charge in [0.25, 0.3) is 0 Å². The van der Waals surface area contributed by atoms with Crippen molar-refractivity contribution in [3.63, 3.8) is 0 Å². The number of aromatic hydroxyl groups is 2. The van der Waals surface area contributed by atoms with E-state index in [1.165, 1.54) is 0 Å². The largest absolute Gasteiger partial charge is 0.504 e. The summed E-state index contributed by atoms with van der Waals surface area (Å²) in [5.41, 5.74) is 6.49. The topological polar surface area (TPSA) is 66.5 Å². The Morgan fingerprint density at radius 3 is 2.50 bits per heavy atom. The molecule has 0 radical (unpaired) electrons. The summed E-state index contributed by atoms with van der Waals surface area (Å²) in [6.07, 6.45) is 2.60. The van der Waals surface area contributed by atoms with E-state index < -0.39 is 0 Å². The van der Waals surface area contributed by atoms with E-state index in [-0.39, 0.29) is 17.0 Å². The Kier molecular flexibility index (Phi) is 2.20. The van der Waals surface area contributed by atoms with Gasteiger partial charge >= 0.3 is 0 Å². The summed E-state index contributed by atoms with van der Waals surface area (Å²) in [7, 11) is 0. The third-order valence-electron chi connectivity index (χ3n) is 2.62. The quantitative estimate of drug-likeness (QED) is 0.710. The fourth-order valence-corrected chi connectivity index (χ4v) is 1.78. The standard InChI is InChI=1S/C10H12BrNO2/c11-7-2-1-6(8(13)9(7)14)5-10(12)3-4-10/h1-2,13-14H,3-5,12H2. The molecule has 0 bridgehead atoms. The number of nitrogens with two attached hydrogens (primary N) is 1. The lowest BCUT2D eigenvalue weighted by Crippen LogP contribution is -2.24. The van der Waals surface area contributed by atoms with Crippen LogP contribution in [0.2, 0.25) is 0 Å². The van der Waals surface area contributed by atoms with E-state index in [2.05, 4.69) is 15.9 Å². The summed E-state index contributed by atoms with van der Waals surface area (Å²) in [5, 5.41) is 19.1. The maximum absolute atomic E-state index is 9.63. The number of halogens is 1. The molecule has 0 amide bonds. The summed E-state index contributed by atoms with van der Waals surface area (Å²) in [6.45, 7) is 0. The summed E-state index contributed by atoms with van der Waals surface area (Å²) in [6, 6.07) is 3.50. The molecule has 0 aromatic heterocycles. The fraction of sp³-hybridized carbons (Fsp3) is 0.400. The molecule has 1 aromatic carbocycles. The van der Waals surface area contributed by atoms with Crippen molar-refractivity contribution < 1.29 is 10.2 Å². The maximum atomic E-state index is 9.63. The molecule has 0 heterocycles. The second kappa shape index (κ2) is 3.14. The molecule has 1 aromatic rings. The number of phenolic OH excluding ortho intramolecular Hbond substituents is 2. The summed E-state index contributed by atoms with van der Waals surface area (Å²) in [4.78, 5) is 0. The molecular weight excluding hydrogens is 246 g/mol. The van der Waals surface area contributed by atoms with Gasteiger partial charge in [0.15, 0.2) is 11.5 Å². The first kappa shape index (κ1) is 9.80. The average molecular weight is 258 g/mol. The van der Waals surface area contributed by atoms with Crippen LogP contribution in [-0.2, 0) is 6.42 Å². The van der Waals surface area contributed by atoms with Crippen molar-refractivity contribution >= 4 is 15.9 Å². The second-order valence-electron chi connectivity index (χ2n) is 3.94. The zero-order valence-electron chi connectivity index (χ0n) is 7.63. The zero-order chi connectivity index (χ0) is 10.3. The van der Waals surface area contributed by atoms with Crippen molar-refractivity contribution in [1.82, 2.24) is 0 Å². The number of benzene rings is 1. The lowest BCUT2D eigenvalue weighted by Gasteiger charge is -2.11. The molecule has 0 unspecified atom stereocenters. The lowest BCUT2D eigenvalue weighted by atomic mass is 10.0. The molecule has 1 aliphatic rings. The summed E-state index contributed by atoms with van der Waals surface area (Å²) < 4.78 is 0.501. The molecule has 1 saturated carbocycles. The maximum Gasteiger partial charge on any atom is 0.172 e. The van der Waals surface area contributed by atoms with E-state index in [1.807, 2.05) is 0 Å². The Bertz CT molecular complexity index is 375. The lowest BCUT2D eigenvalue weighted by molar-refractivity contribution is 0.395. The monoisotopic (exact) mass is 257 g/mol. The molecule has 0 saturated heterocycles. The molecule has 14 heavy (non-hydrogen) atoms. The van der Waals surface area contributed by atoms with Crippen LogP contribution in [0.3, 0.4) is 0 Å². The number of rotatable bonds is 2. The first-order valence-electron chi connectivity index (χ1n) is 4.50. The average Bonchev–Trinajstić information content (AvgIpc) is 2.86. The van der Waals surface area contributed by atoms with Crippen molar-refractivity contribution in [2.24, 2.45) is 5.73 Å². The smallest absolute Gasteiger partial charge is 0.172 e. The highest BCUT2D eigenvalue weighted by Gasteiger charge is 2.38. The van der Waals surface area contributed by atoms with Gasteiger partial charge in [-0.3, -0.25) is 0 Å². The Labute approximate surface area is 90.7 Å². The predicted octanol–water partition coefficient (Wildman–Crippen LogP) is 1.89. The van der Waals surface area contributed by atoms with E-state index in [9.17, 15) is 10.2 Å². The van der Waals surface area contributed by atoms with Crippen molar-refractivity contribution in [3.8, 4) is 11.5 Å². The van der Waals surface area contributed by atoms with Gasteiger partial charge in [0.05, 0.1) is 4.47 Å². The van der Waals surface area contributed by atoms with Crippen molar-refractivity contribution in [2.75, 3.05) is 0 Å². The van der Waals surface area contributed by atoms with Gasteiger partial charge in [-0.25, -0.2) is 0 Å². The van der Waals surface area contributed by atoms with Gasteiger partial charge in [-0.1, -0.05) is 6.07 Å². The second-order valence-corrected chi connectivity index (χ2v) is 4.80. The minimum atomic E-state index is -0.155. The minimum absolute atomic E-state index is 0.0592. The molecule has 1 fully saturated rings. The highest BCUT2D eigenvalue weighted by atomic mass is 79.9. The third-order valence-corrected chi connectivity index (χ3v) is 3.26. The molecule has 0 spiro atoms.